The molecule has 0 aromatic heterocycles. The van der Waals surface area contributed by atoms with Gasteiger partial charge in [-0.05, 0) is 31.5 Å². The minimum atomic E-state index is 0.00345. The molecule has 1 amide bonds. The van der Waals surface area contributed by atoms with Gasteiger partial charge in [0.15, 0.2) is 0 Å². The van der Waals surface area contributed by atoms with Crippen molar-refractivity contribution in [3.05, 3.63) is 35.4 Å². The second kappa shape index (κ2) is 6.68. The zero-order valence-corrected chi connectivity index (χ0v) is 11.8. The third-order valence-corrected chi connectivity index (χ3v) is 3.25. The molecule has 4 heteroatoms. The van der Waals surface area contributed by atoms with E-state index in [2.05, 4.69) is 27.7 Å². The Kier molecular flexibility index (Phi) is 4.93. The normalized spacial score (nSPS) is 16.6. The second-order valence-electron chi connectivity index (χ2n) is 5.35. The first-order chi connectivity index (χ1) is 9.15. The molecule has 0 atom stereocenters. The molecule has 0 spiro atoms. The maximum absolute atomic E-state index is 11.8. The van der Waals surface area contributed by atoms with Gasteiger partial charge in [0, 0.05) is 44.3 Å². The van der Waals surface area contributed by atoms with Crippen LogP contribution in [-0.4, -0.2) is 43.0 Å². The average molecular weight is 261 g/mol. The highest BCUT2D eigenvalue weighted by atomic mass is 16.1. The highest BCUT2D eigenvalue weighted by Gasteiger charge is 2.11. The molecule has 0 bridgehead atoms. The van der Waals surface area contributed by atoms with Crippen molar-refractivity contribution in [2.45, 2.75) is 26.4 Å². The van der Waals surface area contributed by atoms with Crippen LogP contribution in [0.2, 0.25) is 0 Å². The summed E-state index contributed by atoms with van der Waals surface area (Å²) in [5.41, 5.74) is 2.00. The van der Waals surface area contributed by atoms with Crippen LogP contribution in [0.15, 0.2) is 24.3 Å². The van der Waals surface area contributed by atoms with Crippen LogP contribution in [0, 0.1) is 0 Å². The maximum atomic E-state index is 11.8. The van der Waals surface area contributed by atoms with Crippen molar-refractivity contribution in [3.8, 4) is 0 Å². The first kappa shape index (κ1) is 14.0. The predicted octanol–water partition coefficient (Wildman–Crippen LogP) is 1.23. The molecule has 4 nitrogen and oxygen atoms in total. The summed E-state index contributed by atoms with van der Waals surface area (Å²) >= 11 is 0. The number of nitrogens with one attached hydrogen (secondary N) is 2. The molecule has 1 aromatic carbocycles. The van der Waals surface area contributed by atoms with Crippen molar-refractivity contribution in [3.63, 3.8) is 0 Å². The van der Waals surface area contributed by atoms with Gasteiger partial charge in [0.1, 0.15) is 0 Å². The standard InChI is InChI=1S/C15H23N3O/c1-12(2)17-15(19)14-5-3-13(4-6-14)11-18-9-7-16-8-10-18/h3-6,12,16H,7-11H2,1-2H3,(H,17,19). The van der Waals surface area contributed by atoms with Gasteiger partial charge in [0.05, 0.1) is 0 Å². The molecule has 1 aromatic rings. The minimum absolute atomic E-state index is 0.00345. The maximum Gasteiger partial charge on any atom is 0.251 e. The zero-order chi connectivity index (χ0) is 13.7. The predicted molar refractivity (Wildman–Crippen MR) is 77.2 cm³/mol. The molecule has 1 heterocycles. The van der Waals surface area contributed by atoms with Gasteiger partial charge in [-0.25, -0.2) is 0 Å². The topological polar surface area (TPSA) is 44.4 Å². The van der Waals surface area contributed by atoms with Gasteiger partial charge >= 0.3 is 0 Å². The molecule has 1 saturated heterocycles. The lowest BCUT2D eigenvalue weighted by atomic mass is 10.1. The number of carbonyl (C=O) groups excluding carboxylic acids is 1. The Hall–Kier alpha value is -1.39. The number of amides is 1. The molecule has 0 saturated carbocycles. The van der Waals surface area contributed by atoms with Crippen LogP contribution >= 0.6 is 0 Å². The first-order valence-corrected chi connectivity index (χ1v) is 6.98. The Morgan fingerprint density at radius 3 is 2.47 bits per heavy atom. The smallest absolute Gasteiger partial charge is 0.251 e. The van der Waals surface area contributed by atoms with E-state index in [0.29, 0.717) is 0 Å². The van der Waals surface area contributed by atoms with Gasteiger partial charge in [0.2, 0.25) is 0 Å². The van der Waals surface area contributed by atoms with Crippen LogP contribution in [0.4, 0.5) is 0 Å². The summed E-state index contributed by atoms with van der Waals surface area (Å²) in [4.78, 5) is 14.3. The molecular weight excluding hydrogens is 238 g/mol. The number of piperazine rings is 1. The van der Waals surface area contributed by atoms with E-state index in [1.54, 1.807) is 0 Å². The fourth-order valence-corrected chi connectivity index (χ4v) is 2.23. The van der Waals surface area contributed by atoms with E-state index in [0.717, 1.165) is 38.3 Å². The lowest BCUT2D eigenvalue weighted by Crippen LogP contribution is -2.42. The minimum Gasteiger partial charge on any atom is -0.350 e. The van der Waals surface area contributed by atoms with Crippen molar-refractivity contribution >= 4 is 5.91 Å². The van der Waals surface area contributed by atoms with Gasteiger partial charge in [0.25, 0.3) is 5.91 Å². The lowest BCUT2D eigenvalue weighted by molar-refractivity contribution is 0.0943. The largest absolute Gasteiger partial charge is 0.350 e. The van der Waals surface area contributed by atoms with Crippen LogP contribution in [0.3, 0.4) is 0 Å². The number of rotatable bonds is 4. The molecule has 104 valence electrons. The summed E-state index contributed by atoms with van der Waals surface area (Å²) in [6.07, 6.45) is 0. The van der Waals surface area contributed by atoms with Crippen molar-refractivity contribution in [1.29, 1.82) is 0 Å². The van der Waals surface area contributed by atoms with Crippen LogP contribution in [0.25, 0.3) is 0 Å². The van der Waals surface area contributed by atoms with Crippen LogP contribution in [0.1, 0.15) is 29.8 Å². The van der Waals surface area contributed by atoms with Crippen LogP contribution < -0.4 is 10.6 Å². The van der Waals surface area contributed by atoms with E-state index in [4.69, 9.17) is 0 Å². The Bertz CT molecular complexity index is 408. The summed E-state index contributed by atoms with van der Waals surface area (Å²) < 4.78 is 0. The van der Waals surface area contributed by atoms with Gasteiger partial charge in [-0.3, -0.25) is 9.69 Å². The molecular formula is C15H23N3O. The third kappa shape index (κ3) is 4.33. The number of carbonyl (C=O) groups is 1. The molecule has 19 heavy (non-hydrogen) atoms. The summed E-state index contributed by atoms with van der Waals surface area (Å²) in [5, 5.41) is 6.25. The first-order valence-electron chi connectivity index (χ1n) is 6.98. The van der Waals surface area contributed by atoms with Crippen LogP contribution in [-0.2, 0) is 6.54 Å². The molecule has 0 unspecified atom stereocenters. The molecule has 0 aliphatic carbocycles. The van der Waals surface area contributed by atoms with Crippen molar-refractivity contribution in [2.24, 2.45) is 0 Å². The fourth-order valence-electron chi connectivity index (χ4n) is 2.23. The lowest BCUT2D eigenvalue weighted by Gasteiger charge is -2.27. The van der Waals surface area contributed by atoms with Gasteiger partial charge in [-0.1, -0.05) is 12.1 Å². The fraction of sp³-hybridized carbons (Fsp3) is 0.533. The summed E-state index contributed by atoms with van der Waals surface area (Å²) in [6.45, 7) is 9.22. The number of nitrogens with zero attached hydrogens (tertiary/aromatic N) is 1. The van der Waals surface area contributed by atoms with E-state index < -0.39 is 0 Å². The van der Waals surface area contributed by atoms with Crippen molar-refractivity contribution < 1.29 is 4.79 Å². The highest BCUT2D eigenvalue weighted by Crippen LogP contribution is 2.08. The Labute approximate surface area is 115 Å². The Morgan fingerprint density at radius 2 is 1.89 bits per heavy atom. The van der Waals surface area contributed by atoms with E-state index in [9.17, 15) is 4.79 Å². The van der Waals surface area contributed by atoms with E-state index in [1.807, 2.05) is 26.0 Å². The Morgan fingerprint density at radius 1 is 1.26 bits per heavy atom. The Balaban J connectivity index is 1.92. The monoisotopic (exact) mass is 261 g/mol. The van der Waals surface area contributed by atoms with Crippen molar-refractivity contribution in [1.82, 2.24) is 15.5 Å². The van der Waals surface area contributed by atoms with E-state index in [1.165, 1.54) is 5.56 Å². The molecule has 2 N–H and O–H groups in total. The molecule has 1 aliphatic heterocycles. The van der Waals surface area contributed by atoms with Gasteiger partial charge < -0.3 is 10.6 Å². The highest BCUT2D eigenvalue weighted by molar-refractivity contribution is 5.94. The summed E-state index contributed by atoms with van der Waals surface area (Å²) in [6, 6.07) is 8.10. The second-order valence-corrected chi connectivity index (χ2v) is 5.35. The molecule has 0 radical (unpaired) electrons. The summed E-state index contributed by atoms with van der Waals surface area (Å²) in [7, 11) is 0. The van der Waals surface area contributed by atoms with Gasteiger partial charge in [-0.15, -0.1) is 0 Å². The zero-order valence-electron chi connectivity index (χ0n) is 11.8. The number of benzene rings is 1. The molecule has 1 fully saturated rings. The quantitative estimate of drug-likeness (QED) is 0.857. The third-order valence-electron chi connectivity index (χ3n) is 3.25. The van der Waals surface area contributed by atoms with E-state index in [-0.39, 0.29) is 11.9 Å². The number of hydrogen-bond acceptors (Lipinski definition) is 3. The number of hydrogen-bond donors (Lipinski definition) is 2. The molecule has 1 aliphatic rings. The van der Waals surface area contributed by atoms with Crippen LogP contribution in [0.5, 0.6) is 0 Å². The summed E-state index contributed by atoms with van der Waals surface area (Å²) in [5.74, 6) is 0.00345. The van der Waals surface area contributed by atoms with Gasteiger partial charge in [-0.2, -0.15) is 0 Å². The average Bonchev–Trinajstić information content (AvgIpc) is 2.40. The van der Waals surface area contributed by atoms with E-state index >= 15 is 0 Å². The SMILES string of the molecule is CC(C)NC(=O)c1ccc(CN2CCNCC2)cc1. The van der Waals surface area contributed by atoms with Crippen molar-refractivity contribution in [2.75, 3.05) is 26.2 Å². The molecule has 2 rings (SSSR count).